The normalized spacial score (nSPS) is 11.3. The van der Waals surface area contributed by atoms with E-state index < -0.39 is 10.1 Å². The molecule has 0 atom stereocenters. The van der Waals surface area contributed by atoms with Crippen LogP contribution >= 0.6 is 0 Å². The zero-order valence-corrected chi connectivity index (χ0v) is 9.08. The second-order valence-electron chi connectivity index (χ2n) is 3.05. The van der Waals surface area contributed by atoms with E-state index in [9.17, 15) is 13.5 Å². The number of aromatic hydroxyl groups is 1. The SMILES string of the molecule is C=Cc1cc(S(=O)(=O)O)cc(CC)c1O. The second kappa shape index (κ2) is 4.04. The zero-order chi connectivity index (χ0) is 11.6. The molecule has 82 valence electrons. The molecule has 0 saturated carbocycles. The first kappa shape index (κ1) is 11.7. The molecule has 15 heavy (non-hydrogen) atoms. The van der Waals surface area contributed by atoms with E-state index in [-0.39, 0.29) is 10.6 Å². The molecule has 0 amide bonds. The quantitative estimate of drug-likeness (QED) is 0.774. The molecule has 5 heteroatoms. The first-order valence-electron chi connectivity index (χ1n) is 4.36. The third-order valence-corrected chi connectivity index (χ3v) is 2.92. The lowest BCUT2D eigenvalue weighted by Gasteiger charge is -2.07. The summed E-state index contributed by atoms with van der Waals surface area (Å²) in [5.41, 5.74) is 0.752. The standard InChI is InChI=1S/C10H12O4S/c1-3-7-5-9(15(12,13)14)6-8(4-2)10(7)11/h3,5-6,11H,1,4H2,2H3,(H,12,13,14). The van der Waals surface area contributed by atoms with Gasteiger partial charge in [0.1, 0.15) is 5.75 Å². The number of hydrogen-bond donors (Lipinski definition) is 2. The fourth-order valence-corrected chi connectivity index (χ4v) is 1.83. The molecule has 0 radical (unpaired) electrons. The highest BCUT2D eigenvalue weighted by atomic mass is 32.2. The van der Waals surface area contributed by atoms with E-state index in [0.717, 1.165) is 0 Å². The van der Waals surface area contributed by atoms with E-state index in [1.807, 2.05) is 0 Å². The van der Waals surface area contributed by atoms with E-state index in [1.165, 1.54) is 18.2 Å². The molecule has 1 aromatic carbocycles. The van der Waals surface area contributed by atoms with Crippen LogP contribution in [0.25, 0.3) is 6.08 Å². The third kappa shape index (κ3) is 2.37. The number of aryl methyl sites for hydroxylation is 1. The van der Waals surface area contributed by atoms with Crippen molar-refractivity contribution in [1.29, 1.82) is 0 Å². The Morgan fingerprint density at radius 3 is 2.47 bits per heavy atom. The van der Waals surface area contributed by atoms with Crippen LogP contribution < -0.4 is 0 Å². The summed E-state index contributed by atoms with van der Waals surface area (Å²) in [5.74, 6) is -0.0000926. The maximum Gasteiger partial charge on any atom is 0.294 e. The van der Waals surface area contributed by atoms with Crippen LogP contribution in [0.15, 0.2) is 23.6 Å². The molecule has 4 nitrogen and oxygen atoms in total. The largest absolute Gasteiger partial charge is 0.507 e. The predicted octanol–water partition coefficient (Wildman–Crippen LogP) is 1.84. The molecule has 0 aromatic heterocycles. The minimum atomic E-state index is -4.24. The minimum absolute atomic E-state index is 0.0000926. The molecular weight excluding hydrogens is 216 g/mol. The second-order valence-corrected chi connectivity index (χ2v) is 4.47. The molecule has 0 aliphatic heterocycles. The highest BCUT2D eigenvalue weighted by Gasteiger charge is 2.14. The fourth-order valence-electron chi connectivity index (χ4n) is 1.26. The van der Waals surface area contributed by atoms with Crippen molar-refractivity contribution in [2.45, 2.75) is 18.2 Å². The van der Waals surface area contributed by atoms with Crippen molar-refractivity contribution in [3.8, 4) is 5.75 Å². The van der Waals surface area contributed by atoms with Crippen molar-refractivity contribution in [2.75, 3.05) is 0 Å². The summed E-state index contributed by atoms with van der Waals surface area (Å²) >= 11 is 0. The lowest BCUT2D eigenvalue weighted by Crippen LogP contribution is -2.00. The molecule has 0 aliphatic carbocycles. The Kier molecular flexibility index (Phi) is 3.16. The Morgan fingerprint density at radius 1 is 1.47 bits per heavy atom. The number of phenols is 1. The topological polar surface area (TPSA) is 74.6 Å². The van der Waals surface area contributed by atoms with Crippen LogP contribution in [0.1, 0.15) is 18.1 Å². The van der Waals surface area contributed by atoms with E-state index in [1.54, 1.807) is 6.92 Å². The number of rotatable bonds is 3. The Labute approximate surface area is 88.6 Å². The Balaban J connectivity index is 3.54. The van der Waals surface area contributed by atoms with Crippen molar-refractivity contribution < 1.29 is 18.1 Å². The molecule has 0 fully saturated rings. The summed E-state index contributed by atoms with van der Waals surface area (Å²) in [6.07, 6.45) is 1.80. The molecule has 0 bridgehead atoms. The molecule has 1 rings (SSSR count). The predicted molar refractivity (Wildman–Crippen MR) is 57.4 cm³/mol. The van der Waals surface area contributed by atoms with E-state index in [2.05, 4.69) is 6.58 Å². The summed E-state index contributed by atoms with van der Waals surface area (Å²) in [4.78, 5) is -0.230. The zero-order valence-electron chi connectivity index (χ0n) is 8.27. The summed E-state index contributed by atoms with van der Waals surface area (Å²) in [6.45, 7) is 5.23. The van der Waals surface area contributed by atoms with Gasteiger partial charge in [0.25, 0.3) is 10.1 Å². The van der Waals surface area contributed by atoms with Gasteiger partial charge in [-0.25, -0.2) is 0 Å². The monoisotopic (exact) mass is 228 g/mol. The Bertz CT molecular complexity index is 488. The molecule has 0 saturated heterocycles. The number of phenolic OH excluding ortho intramolecular Hbond substituents is 1. The van der Waals surface area contributed by atoms with Gasteiger partial charge in [0.2, 0.25) is 0 Å². The highest BCUT2D eigenvalue weighted by molar-refractivity contribution is 7.85. The smallest absolute Gasteiger partial charge is 0.294 e. The summed E-state index contributed by atoms with van der Waals surface area (Å²) in [7, 11) is -4.24. The average molecular weight is 228 g/mol. The lowest BCUT2D eigenvalue weighted by atomic mass is 10.1. The highest BCUT2D eigenvalue weighted by Crippen LogP contribution is 2.27. The van der Waals surface area contributed by atoms with Crippen molar-refractivity contribution >= 4 is 16.2 Å². The average Bonchev–Trinajstić information content (AvgIpc) is 2.16. The number of hydrogen-bond acceptors (Lipinski definition) is 3. The van der Waals surface area contributed by atoms with Crippen molar-refractivity contribution in [3.63, 3.8) is 0 Å². The maximum atomic E-state index is 10.9. The van der Waals surface area contributed by atoms with Crippen LogP contribution in [0.3, 0.4) is 0 Å². The van der Waals surface area contributed by atoms with Gasteiger partial charge in [-0.05, 0) is 24.1 Å². The Hall–Kier alpha value is -1.33. The molecule has 0 spiro atoms. The first-order valence-corrected chi connectivity index (χ1v) is 5.80. The van der Waals surface area contributed by atoms with Crippen LogP contribution in [-0.4, -0.2) is 18.1 Å². The molecule has 2 N–H and O–H groups in total. The van der Waals surface area contributed by atoms with E-state index >= 15 is 0 Å². The van der Waals surface area contributed by atoms with Gasteiger partial charge in [0.05, 0.1) is 4.90 Å². The van der Waals surface area contributed by atoms with Gasteiger partial charge in [-0.1, -0.05) is 19.6 Å². The van der Waals surface area contributed by atoms with Gasteiger partial charge in [0, 0.05) is 5.56 Å². The van der Waals surface area contributed by atoms with E-state index in [4.69, 9.17) is 4.55 Å². The molecule has 0 aliphatic rings. The van der Waals surface area contributed by atoms with Gasteiger partial charge < -0.3 is 5.11 Å². The first-order chi connectivity index (χ1) is 6.90. The molecular formula is C10H12O4S. The third-order valence-electron chi connectivity index (χ3n) is 2.09. The lowest BCUT2D eigenvalue weighted by molar-refractivity contribution is 0.465. The van der Waals surface area contributed by atoms with Crippen LogP contribution in [0.5, 0.6) is 5.75 Å². The minimum Gasteiger partial charge on any atom is -0.507 e. The summed E-state index contributed by atoms with van der Waals surface area (Å²) in [6, 6.07) is 2.43. The van der Waals surface area contributed by atoms with Gasteiger partial charge in [-0.2, -0.15) is 8.42 Å². The van der Waals surface area contributed by atoms with Crippen LogP contribution in [0.2, 0.25) is 0 Å². The van der Waals surface area contributed by atoms with Crippen molar-refractivity contribution in [2.24, 2.45) is 0 Å². The van der Waals surface area contributed by atoms with Crippen LogP contribution in [-0.2, 0) is 16.5 Å². The Morgan fingerprint density at radius 2 is 2.07 bits per heavy atom. The number of benzene rings is 1. The van der Waals surface area contributed by atoms with Crippen LogP contribution in [0.4, 0.5) is 0 Å². The van der Waals surface area contributed by atoms with Gasteiger partial charge in [-0.3, -0.25) is 4.55 Å². The van der Waals surface area contributed by atoms with Gasteiger partial charge in [-0.15, -0.1) is 0 Å². The molecule has 0 heterocycles. The van der Waals surface area contributed by atoms with Crippen molar-refractivity contribution in [3.05, 3.63) is 29.8 Å². The maximum absolute atomic E-state index is 10.9. The van der Waals surface area contributed by atoms with Crippen LogP contribution in [0, 0.1) is 0 Å². The fraction of sp³-hybridized carbons (Fsp3) is 0.200. The van der Waals surface area contributed by atoms with E-state index in [0.29, 0.717) is 17.5 Å². The van der Waals surface area contributed by atoms with Gasteiger partial charge >= 0.3 is 0 Å². The molecule has 1 aromatic rings. The van der Waals surface area contributed by atoms with Gasteiger partial charge in [0.15, 0.2) is 0 Å². The van der Waals surface area contributed by atoms with Crippen molar-refractivity contribution in [1.82, 2.24) is 0 Å². The summed E-state index contributed by atoms with van der Waals surface area (Å²) < 4.78 is 30.7. The molecule has 0 unspecified atom stereocenters. The summed E-state index contributed by atoms with van der Waals surface area (Å²) in [5, 5.41) is 9.63.